The van der Waals surface area contributed by atoms with E-state index in [1.54, 1.807) is 13.3 Å². The minimum absolute atomic E-state index is 0.344. The van der Waals surface area contributed by atoms with E-state index < -0.39 is 0 Å². The highest BCUT2D eigenvalue weighted by molar-refractivity contribution is 9.10. The van der Waals surface area contributed by atoms with Crippen LogP contribution in [0.2, 0.25) is 0 Å². The van der Waals surface area contributed by atoms with Crippen LogP contribution in [0.4, 0.5) is 23.5 Å². The van der Waals surface area contributed by atoms with Crippen LogP contribution >= 0.6 is 15.9 Å². The van der Waals surface area contributed by atoms with Gasteiger partial charge in [0, 0.05) is 17.6 Å². The summed E-state index contributed by atoms with van der Waals surface area (Å²) in [5.41, 5.74) is 5.85. The molecular weight excluding hydrogens is 474 g/mol. The largest absolute Gasteiger partial charge is 0.497 e. The van der Waals surface area contributed by atoms with Gasteiger partial charge in [0.2, 0.25) is 17.8 Å². The predicted molar refractivity (Wildman–Crippen MR) is 129 cm³/mol. The van der Waals surface area contributed by atoms with Crippen LogP contribution in [0.25, 0.3) is 0 Å². The van der Waals surface area contributed by atoms with E-state index in [0.29, 0.717) is 44.1 Å². The number of nitrogens with one attached hydrogen (secondary N) is 2. The number of halogens is 1. The highest BCUT2D eigenvalue weighted by Crippen LogP contribution is 2.26. The number of hydrazone groups is 1. The van der Waals surface area contributed by atoms with Crippen molar-refractivity contribution in [1.29, 1.82) is 0 Å². The van der Waals surface area contributed by atoms with Gasteiger partial charge in [0.1, 0.15) is 5.75 Å². The number of hydrogen-bond donors (Lipinski definition) is 2. The summed E-state index contributed by atoms with van der Waals surface area (Å²) in [5.74, 6) is 2.13. The molecule has 1 aliphatic rings. The highest BCUT2D eigenvalue weighted by Gasteiger charge is 2.17. The molecule has 2 heterocycles. The predicted octanol–water partition coefficient (Wildman–Crippen LogP) is 3.98. The van der Waals surface area contributed by atoms with Crippen molar-refractivity contribution in [2.24, 2.45) is 5.10 Å². The normalized spacial score (nSPS) is 13.9. The number of aryl methyl sites for hydroxylation is 1. The third kappa shape index (κ3) is 5.71. The minimum Gasteiger partial charge on any atom is -0.497 e. The van der Waals surface area contributed by atoms with E-state index in [1.165, 1.54) is 0 Å². The average Bonchev–Trinajstić information content (AvgIpc) is 2.82. The molecule has 0 spiro atoms. The Morgan fingerprint density at radius 3 is 2.53 bits per heavy atom. The molecule has 32 heavy (non-hydrogen) atoms. The fourth-order valence-electron chi connectivity index (χ4n) is 3.07. The first-order valence-electron chi connectivity index (χ1n) is 10.2. The second-order valence-corrected chi connectivity index (χ2v) is 7.99. The second kappa shape index (κ2) is 10.4. The van der Waals surface area contributed by atoms with Gasteiger partial charge in [-0.2, -0.15) is 20.1 Å². The van der Waals surface area contributed by atoms with Crippen LogP contribution in [0.5, 0.6) is 5.75 Å². The van der Waals surface area contributed by atoms with E-state index in [1.807, 2.05) is 49.4 Å². The average molecular weight is 498 g/mol. The van der Waals surface area contributed by atoms with Crippen molar-refractivity contribution in [2.45, 2.75) is 6.92 Å². The molecule has 0 aliphatic carbocycles. The Morgan fingerprint density at radius 1 is 1.06 bits per heavy atom. The second-order valence-electron chi connectivity index (χ2n) is 7.13. The van der Waals surface area contributed by atoms with Crippen LogP contribution in [0, 0.1) is 6.92 Å². The van der Waals surface area contributed by atoms with E-state index in [9.17, 15) is 0 Å². The monoisotopic (exact) mass is 497 g/mol. The van der Waals surface area contributed by atoms with Gasteiger partial charge in [-0.1, -0.05) is 6.07 Å². The smallest absolute Gasteiger partial charge is 0.250 e. The Bertz CT molecular complexity index is 1090. The third-order valence-electron chi connectivity index (χ3n) is 4.78. The zero-order valence-electron chi connectivity index (χ0n) is 17.9. The van der Waals surface area contributed by atoms with Crippen molar-refractivity contribution in [3.63, 3.8) is 0 Å². The molecule has 10 heteroatoms. The summed E-state index contributed by atoms with van der Waals surface area (Å²) in [6, 6.07) is 13.6. The molecular formula is C22H24BrN7O2. The van der Waals surface area contributed by atoms with Crippen molar-refractivity contribution >= 4 is 45.7 Å². The van der Waals surface area contributed by atoms with E-state index in [0.717, 1.165) is 27.0 Å². The Kier molecular flexibility index (Phi) is 7.13. The van der Waals surface area contributed by atoms with Gasteiger partial charge in [0.25, 0.3) is 0 Å². The van der Waals surface area contributed by atoms with Crippen LogP contribution in [0.15, 0.2) is 52.0 Å². The van der Waals surface area contributed by atoms with Gasteiger partial charge < -0.3 is 19.7 Å². The summed E-state index contributed by atoms with van der Waals surface area (Å²) in [7, 11) is 1.64. The van der Waals surface area contributed by atoms with E-state index >= 15 is 0 Å². The Hall–Kier alpha value is -3.24. The Labute approximate surface area is 195 Å². The fraction of sp³-hybridized carbons (Fsp3) is 0.273. The molecule has 0 bridgehead atoms. The summed E-state index contributed by atoms with van der Waals surface area (Å²) < 4.78 is 11.6. The lowest BCUT2D eigenvalue weighted by Gasteiger charge is -2.27. The Morgan fingerprint density at radius 2 is 1.81 bits per heavy atom. The molecule has 9 nitrogen and oxygen atoms in total. The molecule has 0 saturated carbocycles. The van der Waals surface area contributed by atoms with Crippen LogP contribution < -0.4 is 20.4 Å². The standard InChI is InChI=1S/C22H24BrN7O2/c1-15-3-8-19(18(23)13-15)25-20-26-21(28-22(27-20)30-9-11-32-12-10-30)29-24-14-16-4-6-17(31-2)7-5-16/h3-8,13-14H,9-12H2,1-2H3,(H2,25,26,27,28,29)/b24-14-. The first-order chi connectivity index (χ1) is 15.6. The molecule has 1 saturated heterocycles. The van der Waals surface area contributed by atoms with E-state index in [-0.39, 0.29) is 0 Å². The number of nitrogens with zero attached hydrogens (tertiary/aromatic N) is 5. The molecule has 166 valence electrons. The summed E-state index contributed by atoms with van der Waals surface area (Å²) in [6.07, 6.45) is 1.70. The molecule has 1 fully saturated rings. The summed E-state index contributed by atoms with van der Waals surface area (Å²) in [5, 5.41) is 7.55. The molecule has 2 N–H and O–H groups in total. The van der Waals surface area contributed by atoms with Crippen molar-refractivity contribution in [3.8, 4) is 5.75 Å². The van der Waals surface area contributed by atoms with Crippen molar-refractivity contribution < 1.29 is 9.47 Å². The van der Waals surface area contributed by atoms with Crippen LogP contribution in [0.1, 0.15) is 11.1 Å². The topological polar surface area (TPSA) is 96.8 Å². The van der Waals surface area contributed by atoms with Crippen molar-refractivity contribution in [3.05, 3.63) is 58.1 Å². The molecule has 0 radical (unpaired) electrons. The van der Waals surface area contributed by atoms with Gasteiger partial charge in [-0.3, -0.25) is 0 Å². The quantitative estimate of drug-likeness (QED) is 0.373. The van der Waals surface area contributed by atoms with Crippen molar-refractivity contribution in [1.82, 2.24) is 15.0 Å². The maximum atomic E-state index is 5.45. The lowest BCUT2D eigenvalue weighted by Crippen LogP contribution is -2.37. The number of morpholine rings is 1. The van der Waals surface area contributed by atoms with Crippen molar-refractivity contribution in [2.75, 3.05) is 49.1 Å². The minimum atomic E-state index is 0.344. The number of methoxy groups -OCH3 is 1. The third-order valence-corrected chi connectivity index (χ3v) is 5.44. The van der Waals surface area contributed by atoms with Crippen LogP contribution in [-0.4, -0.2) is 54.6 Å². The molecule has 2 aromatic carbocycles. The van der Waals surface area contributed by atoms with E-state index in [4.69, 9.17) is 9.47 Å². The van der Waals surface area contributed by atoms with Gasteiger partial charge in [-0.25, -0.2) is 5.43 Å². The maximum absolute atomic E-state index is 5.45. The number of hydrogen-bond acceptors (Lipinski definition) is 9. The summed E-state index contributed by atoms with van der Waals surface area (Å²) in [6.45, 7) is 4.74. The van der Waals surface area contributed by atoms with Gasteiger partial charge in [-0.15, -0.1) is 0 Å². The number of anilines is 4. The Balaban J connectivity index is 1.56. The molecule has 0 unspecified atom stereocenters. The van der Waals surface area contributed by atoms with Gasteiger partial charge in [0.15, 0.2) is 0 Å². The van der Waals surface area contributed by atoms with Gasteiger partial charge in [-0.05, 0) is 70.4 Å². The summed E-state index contributed by atoms with van der Waals surface area (Å²) >= 11 is 3.59. The molecule has 0 amide bonds. The molecule has 0 atom stereocenters. The number of benzene rings is 2. The highest BCUT2D eigenvalue weighted by atomic mass is 79.9. The lowest BCUT2D eigenvalue weighted by atomic mass is 10.2. The first-order valence-corrected chi connectivity index (χ1v) is 10.9. The SMILES string of the molecule is COc1ccc(/C=N\Nc2nc(Nc3ccc(C)cc3Br)nc(N3CCOCC3)n2)cc1. The molecule has 3 aromatic rings. The van der Waals surface area contributed by atoms with Gasteiger partial charge >= 0.3 is 0 Å². The maximum Gasteiger partial charge on any atom is 0.250 e. The molecule has 1 aliphatic heterocycles. The fourth-order valence-corrected chi connectivity index (χ4v) is 3.66. The first kappa shape index (κ1) is 22.0. The number of ether oxygens (including phenoxy) is 2. The molecule has 4 rings (SSSR count). The number of rotatable bonds is 7. The van der Waals surface area contributed by atoms with Crippen LogP contribution in [-0.2, 0) is 4.74 Å². The zero-order valence-corrected chi connectivity index (χ0v) is 19.5. The summed E-state index contributed by atoms with van der Waals surface area (Å²) in [4.78, 5) is 15.7. The molecule has 1 aromatic heterocycles. The zero-order chi connectivity index (χ0) is 22.3. The van der Waals surface area contributed by atoms with E-state index in [2.05, 4.69) is 51.6 Å². The van der Waals surface area contributed by atoms with Crippen LogP contribution in [0.3, 0.4) is 0 Å². The number of aromatic nitrogens is 3. The lowest BCUT2D eigenvalue weighted by molar-refractivity contribution is 0.122. The van der Waals surface area contributed by atoms with Gasteiger partial charge in [0.05, 0.1) is 32.2 Å².